The first-order valence-electron chi connectivity index (χ1n) is 8.78. The van der Waals surface area contributed by atoms with Gasteiger partial charge < -0.3 is 9.47 Å². The topological polar surface area (TPSA) is 51.7 Å². The van der Waals surface area contributed by atoms with Crippen molar-refractivity contribution in [3.8, 4) is 16.3 Å². The van der Waals surface area contributed by atoms with Crippen molar-refractivity contribution in [2.24, 2.45) is 0 Å². The fraction of sp³-hybridized carbons (Fsp3) is 0.474. The first kappa shape index (κ1) is 19.7. The molecule has 0 atom stereocenters. The molecule has 27 heavy (non-hydrogen) atoms. The average molecular weight is 396 g/mol. The van der Waals surface area contributed by atoms with E-state index >= 15 is 0 Å². The maximum absolute atomic E-state index is 12.5. The number of thiazole rings is 1. The minimum absolute atomic E-state index is 0.0716. The van der Waals surface area contributed by atoms with Crippen LogP contribution in [0.15, 0.2) is 24.4 Å². The van der Waals surface area contributed by atoms with Crippen LogP contribution in [0.5, 0.6) is 5.75 Å². The molecule has 0 bridgehead atoms. The van der Waals surface area contributed by atoms with Gasteiger partial charge in [-0.15, -0.1) is 11.3 Å². The number of rotatable bonds is 6. The van der Waals surface area contributed by atoms with E-state index < -0.39 is 12.4 Å². The van der Waals surface area contributed by atoms with Crippen LogP contribution in [0.1, 0.15) is 28.1 Å². The summed E-state index contributed by atoms with van der Waals surface area (Å²) in [4.78, 5) is 19.2. The molecule has 2 heterocycles. The number of aryl methyl sites for hydroxylation is 1. The van der Waals surface area contributed by atoms with Gasteiger partial charge in [-0.05, 0) is 38.0 Å². The van der Waals surface area contributed by atoms with Crippen molar-refractivity contribution in [1.82, 2.24) is 9.88 Å². The SMILES string of the molecule is COC(=O)c1cc(OC2CCN(CC(F)F)CC2)cc(-c2ncc(C)s2)c1. The van der Waals surface area contributed by atoms with E-state index in [1.165, 1.54) is 18.4 Å². The van der Waals surface area contributed by atoms with E-state index in [0.29, 0.717) is 37.2 Å². The molecule has 0 spiro atoms. The quantitative estimate of drug-likeness (QED) is 0.691. The van der Waals surface area contributed by atoms with Gasteiger partial charge in [-0.1, -0.05) is 0 Å². The number of alkyl halides is 2. The molecule has 146 valence electrons. The number of halogens is 2. The van der Waals surface area contributed by atoms with Crippen molar-refractivity contribution in [1.29, 1.82) is 0 Å². The number of benzene rings is 1. The molecule has 1 saturated heterocycles. The molecule has 8 heteroatoms. The van der Waals surface area contributed by atoms with E-state index in [2.05, 4.69) is 4.98 Å². The summed E-state index contributed by atoms with van der Waals surface area (Å²) in [5.74, 6) is 0.120. The first-order valence-corrected chi connectivity index (χ1v) is 9.59. The van der Waals surface area contributed by atoms with Gasteiger partial charge in [0, 0.05) is 29.7 Å². The number of aromatic nitrogens is 1. The van der Waals surface area contributed by atoms with Crippen LogP contribution in [-0.2, 0) is 4.74 Å². The molecule has 5 nitrogen and oxygen atoms in total. The maximum atomic E-state index is 12.5. The van der Waals surface area contributed by atoms with E-state index in [-0.39, 0.29) is 12.6 Å². The maximum Gasteiger partial charge on any atom is 0.338 e. The second kappa shape index (κ2) is 8.75. The number of nitrogens with zero attached hydrogens (tertiary/aromatic N) is 2. The third-order valence-electron chi connectivity index (χ3n) is 4.43. The summed E-state index contributed by atoms with van der Waals surface area (Å²) in [5, 5.41) is 0.801. The van der Waals surface area contributed by atoms with Gasteiger partial charge in [0.2, 0.25) is 0 Å². The van der Waals surface area contributed by atoms with Gasteiger partial charge in [0.15, 0.2) is 0 Å². The Bertz CT molecular complexity index is 789. The summed E-state index contributed by atoms with van der Waals surface area (Å²) in [7, 11) is 1.34. The fourth-order valence-corrected chi connectivity index (χ4v) is 3.86. The number of likely N-dealkylation sites (tertiary alicyclic amines) is 1. The van der Waals surface area contributed by atoms with E-state index in [1.54, 1.807) is 23.2 Å². The summed E-state index contributed by atoms with van der Waals surface area (Å²) in [5.41, 5.74) is 1.19. The zero-order valence-corrected chi connectivity index (χ0v) is 16.1. The van der Waals surface area contributed by atoms with Crippen molar-refractivity contribution >= 4 is 17.3 Å². The lowest BCUT2D eigenvalue weighted by Gasteiger charge is -2.31. The molecular weight excluding hydrogens is 374 g/mol. The average Bonchev–Trinajstić information content (AvgIpc) is 3.08. The molecule has 2 aromatic rings. The Balaban J connectivity index is 1.75. The molecule has 0 N–H and O–H groups in total. The van der Waals surface area contributed by atoms with Crippen LogP contribution in [0, 0.1) is 6.92 Å². The summed E-state index contributed by atoms with van der Waals surface area (Å²) in [6, 6.07) is 5.25. The lowest BCUT2D eigenvalue weighted by Crippen LogP contribution is -2.40. The Kier molecular flexibility index (Phi) is 6.38. The lowest BCUT2D eigenvalue weighted by atomic mass is 10.1. The Hall–Kier alpha value is -2.06. The minimum Gasteiger partial charge on any atom is -0.490 e. The van der Waals surface area contributed by atoms with Gasteiger partial charge in [-0.2, -0.15) is 0 Å². The summed E-state index contributed by atoms with van der Waals surface area (Å²) in [6.45, 7) is 2.92. The largest absolute Gasteiger partial charge is 0.490 e. The zero-order valence-electron chi connectivity index (χ0n) is 15.3. The monoisotopic (exact) mass is 396 g/mol. The van der Waals surface area contributed by atoms with Crippen molar-refractivity contribution in [3.63, 3.8) is 0 Å². The number of methoxy groups -OCH3 is 1. The molecule has 1 aromatic heterocycles. The highest BCUT2D eigenvalue weighted by Gasteiger charge is 2.23. The van der Waals surface area contributed by atoms with Crippen molar-refractivity contribution in [2.75, 3.05) is 26.7 Å². The summed E-state index contributed by atoms with van der Waals surface area (Å²) < 4.78 is 35.9. The molecule has 1 aromatic carbocycles. The smallest absolute Gasteiger partial charge is 0.338 e. The molecule has 0 radical (unpaired) electrons. The van der Waals surface area contributed by atoms with Crippen LogP contribution in [0.3, 0.4) is 0 Å². The predicted molar refractivity (Wildman–Crippen MR) is 99.7 cm³/mol. The van der Waals surface area contributed by atoms with E-state index in [4.69, 9.17) is 9.47 Å². The standard InChI is InChI=1S/C19H22F2N2O3S/c1-12-10-22-18(27-12)13-7-14(19(24)25-2)9-16(8-13)26-15-3-5-23(6-4-15)11-17(20)21/h7-10,15,17H,3-6,11H2,1-2H3. The highest BCUT2D eigenvalue weighted by atomic mass is 32.1. The molecule has 1 aliphatic heterocycles. The Morgan fingerprint density at radius 1 is 1.33 bits per heavy atom. The van der Waals surface area contributed by atoms with E-state index in [0.717, 1.165) is 15.4 Å². The predicted octanol–water partition coefficient (Wildman–Crippen LogP) is 4.01. The molecule has 0 aliphatic carbocycles. The van der Waals surface area contributed by atoms with Crippen LogP contribution in [-0.4, -0.2) is 55.1 Å². The molecule has 0 saturated carbocycles. The highest BCUT2D eigenvalue weighted by Crippen LogP contribution is 2.31. The fourth-order valence-electron chi connectivity index (χ4n) is 3.11. The zero-order chi connectivity index (χ0) is 19.4. The molecule has 3 rings (SSSR count). The minimum atomic E-state index is -2.32. The highest BCUT2D eigenvalue weighted by molar-refractivity contribution is 7.14. The number of carbonyl (C=O) groups excluding carboxylic acids is 1. The van der Waals surface area contributed by atoms with Gasteiger partial charge in [0.1, 0.15) is 16.9 Å². The third kappa shape index (κ3) is 5.23. The Morgan fingerprint density at radius 3 is 2.67 bits per heavy atom. The van der Waals surface area contributed by atoms with Gasteiger partial charge >= 0.3 is 5.97 Å². The van der Waals surface area contributed by atoms with Gasteiger partial charge in [0.25, 0.3) is 6.43 Å². The lowest BCUT2D eigenvalue weighted by molar-refractivity contribution is 0.0477. The van der Waals surface area contributed by atoms with Crippen LogP contribution >= 0.6 is 11.3 Å². The number of esters is 1. The number of ether oxygens (including phenoxy) is 2. The van der Waals surface area contributed by atoms with Crippen molar-refractivity contribution in [3.05, 3.63) is 34.8 Å². The van der Waals surface area contributed by atoms with E-state index in [1.807, 2.05) is 13.0 Å². The second-order valence-electron chi connectivity index (χ2n) is 6.52. The summed E-state index contributed by atoms with van der Waals surface area (Å²) in [6.07, 6.45) is 0.729. The van der Waals surface area contributed by atoms with Crippen LogP contribution in [0.2, 0.25) is 0 Å². The number of hydrogen-bond acceptors (Lipinski definition) is 6. The van der Waals surface area contributed by atoms with E-state index in [9.17, 15) is 13.6 Å². The molecule has 0 unspecified atom stereocenters. The third-order valence-corrected chi connectivity index (χ3v) is 5.39. The molecule has 1 fully saturated rings. The molecule has 1 aliphatic rings. The van der Waals surface area contributed by atoms with Gasteiger partial charge in [-0.25, -0.2) is 18.6 Å². The number of hydrogen-bond donors (Lipinski definition) is 0. The van der Waals surface area contributed by atoms with Crippen LogP contribution < -0.4 is 4.74 Å². The molecular formula is C19H22F2N2O3S. The normalized spacial score (nSPS) is 15.9. The van der Waals surface area contributed by atoms with Crippen LogP contribution in [0.4, 0.5) is 8.78 Å². The Morgan fingerprint density at radius 2 is 2.07 bits per heavy atom. The summed E-state index contributed by atoms with van der Waals surface area (Å²) >= 11 is 1.53. The second-order valence-corrected chi connectivity index (χ2v) is 7.76. The molecule has 0 amide bonds. The van der Waals surface area contributed by atoms with Crippen molar-refractivity contribution in [2.45, 2.75) is 32.3 Å². The van der Waals surface area contributed by atoms with Gasteiger partial charge in [-0.3, -0.25) is 4.90 Å². The number of carbonyl (C=O) groups is 1. The Labute approximate surface area is 160 Å². The van der Waals surface area contributed by atoms with Crippen LogP contribution in [0.25, 0.3) is 10.6 Å². The van der Waals surface area contributed by atoms with Gasteiger partial charge in [0.05, 0.1) is 19.2 Å². The number of piperidine rings is 1. The van der Waals surface area contributed by atoms with Crippen molar-refractivity contribution < 1.29 is 23.0 Å². The first-order chi connectivity index (χ1) is 12.9.